The molecule has 4 nitrogen and oxygen atoms in total. The summed E-state index contributed by atoms with van der Waals surface area (Å²) < 4.78 is 13.2. The Kier molecular flexibility index (Phi) is 4.46. The number of nitrogen functional groups attached to an aromatic ring is 1. The van der Waals surface area contributed by atoms with E-state index in [1.54, 1.807) is 17.4 Å². The van der Waals surface area contributed by atoms with Gasteiger partial charge in [-0.25, -0.2) is 9.37 Å². The molecule has 0 aliphatic carbocycles. The summed E-state index contributed by atoms with van der Waals surface area (Å²) in [4.78, 5) is 7.53. The number of nitrogens with two attached hydrogens (primary N) is 1. The van der Waals surface area contributed by atoms with E-state index < -0.39 is 0 Å². The molecule has 0 spiro atoms. The van der Waals surface area contributed by atoms with Crippen LogP contribution in [0.4, 0.5) is 4.39 Å². The molecule has 0 saturated carbocycles. The Labute approximate surface area is 121 Å². The van der Waals surface area contributed by atoms with Gasteiger partial charge in [0.05, 0.1) is 11.2 Å². The predicted octanol–water partition coefficient (Wildman–Crippen LogP) is 2.51. The lowest BCUT2D eigenvalue weighted by atomic mass is 10.1. The third-order valence-corrected chi connectivity index (χ3v) is 3.98. The van der Waals surface area contributed by atoms with Crippen LogP contribution in [0.5, 0.6) is 0 Å². The van der Waals surface area contributed by atoms with Crippen LogP contribution >= 0.6 is 11.3 Å². The molecule has 1 aromatic heterocycles. The van der Waals surface area contributed by atoms with Gasteiger partial charge in [0.1, 0.15) is 11.7 Å². The Morgan fingerprint density at radius 1 is 1.45 bits per heavy atom. The lowest BCUT2D eigenvalue weighted by Crippen LogP contribution is -2.21. The van der Waals surface area contributed by atoms with Crippen LogP contribution in [0, 0.1) is 18.2 Å². The van der Waals surface area contributed by atoms with Crippen LogP contribution in [0.3, 0.4) is 0 Å². The van der Waals surface area contributed by atoms with Gasteiger partial charge in [-0.1, -0.05) is 6.07 Å². The summed E-state index contributed by atoms with van der Waals surface area (Å²) in [6.07, 6.45) is 0. The van der Waals surface area contributed by atoms with Gasteiger partial charge in [0.15, 0.2) is 0 Å². The van der Waals surface area contributed by atoms with Gasteiger partial charge in [0.2, 0.25) is 0 Å². The average molecular weight is 292 g/mol. The molecule has 3 N–H and O–H groups in total. The summed E-state index contributed by atoms with van der Waals surface area (Å²) in [5.74, 6) is -0.484. The van der Waals surface area contributed by atoms with E-state index in [0.717, 1.165) is 17.8 Å². The van der Waals surface area contributed by atoms with Crippen molar-refractivity contribution in [2.45, 2.75) is 20.0 Å². The molecule has 20 heavy (non-hydrogen) atoms. The topological polar surface area (TPSA) is 66.0 Å². The van der Waals surface area contributed by atoms with Gasteiger partial charge in [-0.3, -0.25) is 10.3 Å². The Morgan fingerprint density at radius 2 is 2.20 bits per heavy atom. The van der Waals surface area contributed by atoms with Gasteiger partial charge in [0, 0.05) is 23.5 Å². The summed E-state index contributed by atoms with van der Waals surface area (Å²) in [5.41, 5.74) is 9.68. The standard InChI is InChI=1S/C14H17FN4S/c1-9-13(20-8-18-9)7-19(2)6-10-3-4-11(15)5-12(10)14(16)17/h3-5,8H,6-7H2,1-2H3,(H3,16,17). The Bertz CT molecular complexity index is 623. The van der Waals surface area contributed by atoms with E-state index in [0.29, 0.717) is 12.1 Å². The fourth-order valence-electron chi connectivity index (χ4n) is 2.01. The molecule has 2 aromatic rings. The average Bonchev–Trinajstić information content (AvgIpc) is 2.77. The molecular formula is C14H17FN4S. The van der Waals surface area contributed by atoms with Crippen LogP contribution in [0.25, 0.3) is 0 Å². The van der Waals surface area contributed by atoms with Gasteiger partial charge >= 0.3 is 0 Å². The first kappa shape index (κ1) is 14.6. The number of thiazole rings is 1. The SMILES string of the molecule is Cc1ncsc1CN(C)Cc1ccc(F)cc1C(=N)N. The molecule has 0 amide bonds. The van der Waals surface area contributed by atoms with Gasteiger partial charge in [-0.2, -0.15) is 0 Å². The Morgan fingerprint density at radius 3 is 2.80 bits per heavy atom. The quantitative estimate of drug-likeness (QED) is 0.657. The summed E-state index contributed by atoms with van der Waals surface area (Å²) in [6, 6.07) is 4.39. The zero-order valence-electron chi connectivity index (χ0n) is 11.5. The molecular weight excluding hydrogens is 275 g/mol. The molecule has 0 aliphatic heterocycles. The van der Waals surface area contributed by atoms with Gasteiger partial charge in [-0.15, -0.1) is 11.3 Å². The minimum Gasteiger partial charge on any atom is -0.384 e. The number of aryl methyl sites for hydroxylation is 1. The largest absolute Gasteiger partial charge is 0.384 e. The Balaban J connectivity index is 2.13. The predicted molar refractivity (Wildman–Crippen MR) is 79.4 cm³/mol. The minimum absolute atomic E-state index is 0.109. The molecule has 106 valence electrons. The van der Waals surface area contributed by atoms with E-state index in [-0.39, 0.29) is 11.7 Å². The summed E-state index contributed by atoms with van der Waals surface area (Å²) >= 11 is 1.62. The number of aromatic nitrogens is 1. The molecule has 0 aliphatic rings. The maximum atomic E-state index is 13.2. The summed E-state index contributed by atoms with van der Waals surface area (Å²) in [5, 5.41) is 7.53. The second kappa shape index (κ2) is 6.11. The van der Waals surface area contributed by atoms with Crippen LogP contribution < -0.4 is 5.73 Å². The smallest absolute Gasteiger partial charge is 0.123 e. The van der Waals surface area contributed by atoms with Gasteiger partial charge < -0.3 is 5.73 Å². The number of hydrogen-bond acceptors (Lipinski definition) is 4. The van der Waals surface area contributed by atoms with Crippen molar-refractivity contribution >= 4 is 17.2 Å². The van der Waals surface area contributed by atoms with E-state index in [4.69, 9.17) is 11.1 Å². The molecule has 1 heterocycles. The molecule has 0 fully saturated rings. The fourth-order valence-corrected chi connectivity index (χ4v) is 2.86. The van der Waals surface area contributed by atoms with Crippen molar-refractivity contribution in [3.63, 3.8) is 0 Å². The maximum absolute atomic E-state index is 13.2. The number of halogens is 1. The third kappa shape index (κ3) is 3.40. The molecule has 1 aromatic carbocycles. The van der Waals surface area contributed by atoms with Crippen molar-refractivity contribution in [1.29, 1.82) is 5.41 Å². The lowest BCUT2D eigenvalue weighted by molar-refractivity contribution is 0.321. The van der Waals surface area contributed by atoms with E-state index in [9.17, 15) is 4.39 Å². The highest BCUT2D eigenvalue weighted by Crippen LogP contribution is 2.17. The number of nitrogens with zero attached hydrogens (tertiary/aromatic N) is 2. The first-order chi connectivity index (χ1) is 9.47. The van der Waals surface area contributed by atoms with Crippen molar-refractivity contribution in [3.05, 3.63) is 51.2 Å². The first-order valence-corrected chi connectivity index (χ1v) is 7.05. The van der Waals surface area contributed by atoms with Crippen LogP contribution in [-0.4, -0.2) is 22.8 Å². The lowest BCUT2D eigenvalue weighted by Gasteiger charge is -2.18. The number of amidine groups is 1. The molecule has 0 bridgehead atoms. The van der Waals surface area contributed by atoms with Crippen molar-refractivity contribution in [1.82, 2.24) is 9.88 Å². The monoisotopic (exact) mass is 292 g/mol. The second-order valence-electron chi connectivity index (χ2n) is 4.75. The molecule has 0 radical (unpaired) electrons. The molecule has 2 rings (SSSR count). The van der Waals surface area contributed by atoms with Crippen molar-refractivity contribution in [3.8, 4) is 0 Å². The molecule has 0 unspecified atom stereocenters. The maximum Gasteiger partial charge on any atom is 0.123 e. The second-order valence-corrected chi connectivity index (χ2v) is 5.69. The first-order valence-electron chi connectivity index (χ1n) is 6.17. The normalized spacial score (nSPS) is 11.0. The van der Waals surface area contributed by atoms with Crippen molar-refractivity contribution in [2.24, 2.45) is 5.73 Å². The zero-order valence-corrected chi connectivity index (χ0v) is 12.3. The molecule has 6 heteroatoms. The van der Waals surface area contributed by atoms with Crippen molar-refractivity contribution < 1.29 is 4.39 Å². The third-order valence-electron chi connectivity index (χ3n) is 3.06. The van der Waals surface area contributed by atoms with E-state index in [1.807, 2.05) is 19.5 Å². The number of rotatable bonds is 5. The molecule has 0 saturated heterocycles. The zero-order chi connectivity index (χ0) is 14.7. The highest BCUT2D eigenvalue weighted by atomic mass is 32.1. The van der Waals surface area contributed by atoms with Crippen molar-refractivity contribution in [2.75, 3.05) is 7.05 Å². The summed E-state index contributed by atoms with van der Waals surface area (Å²) in [6.45, 7) is 3.36. The van der Waals surface area contributed by atoms with E-state index in [1.165, 1.54) is 17.0 Å². The fraction of sp³-hybridized carbons (Fsp3) is 0.286. The van der Waals surface area contributed by atoms with E-state index in [2.05, 4.69) is 9.88 Å². The van der Waals surface area contributed by atoms with Gasteiger partial charge in [-0.05, 0) is 31.7 Å². The highest BCUT2D eigenvalue weighted by molar-refractivity contribution is 7.09. The summed E-state index contributed by atoms with van der Waals surface area (Å²) in [7, 11) is 1.98. The van der Waals surface area contributed by atoms with Crippen LogP contribution in [0.2, 0.25) is 0 Å². The minimum atomic E-state index is -0.375. The molecule has 0 atom stereocenters. The van der Waals surface area contributed by atoms with Crippen LogP contribution in [0.15, 0.2) is 23.7 Å². The van der Waals surface area contributed by atoms with Crippen LogP contribution in [-0.2, 0) is 13.1 Å². The number of hydrogen-bond donors (Lipinski definition) is 2. The van der Waals surface area contributed by atoms with Gasteiger partial charge in [0.25, 0.3) is 0 Å². The van der Waals surface area contributed by atoms with Crippen LogP contribution in [0.1, 0.15) is 21.7 Å². The Hall–Kier alpha value is -1.79. The number of nitrogens with one attached hydrogen (secondary N) is 1. The highest BCUT2D eigenvalue weighted by Gasteiger charge is 2.11. The van der Waals surface area contributed by atoms with E-state index >= 15 is 0 Å². The number of benzene rings is 1.